The molecule has 1 fully saturated rings. The Labute approximate surface area is 399 Å². The van der Waals surface area contributed by atoms with Crippen LogP contribution in [0.15, 0.2) is 18.0 Å². The molecule has 0 aliphatic carbocycles. The van der Waals surface area contributed by atoms with E-state index in [0.717, 1.165) is 26.2 Å². The number of piperazine rings is 1. The number of hydrogen-bond donors (Lipinski definition) is 2. The third-order valence-corrected chi connectivity index (χ3v) is 13.1. The van der Waals surface area contributed by atoms with E-state index in [9.17, 15) is 5.21 Å². The minimum absolute atomic E-state index is 0. The summed E-state index contributed by atoms with van der Waals surface area (Å²) in [6.07, 6.45) is 48.8. The molecular formula is C57H121N5O. The van der Waals surface area contributed by atoms with E-state index in [1.165, 1.54) is 275 Å². The fourth-order valence-electron chi connectivity index (χ4n) is 8.75. The summed E-state index contributed by atoms with van der Waals surface area (Å²) in [6, 6.07) is 0. The van der Waals surface area contributed by atoms with Crippen molar-refractivity contribution >= 4 is 0 Å². The lowest BCUT2D eigenvalue weighted by Gasteiger charge is -2.36. The van der Waals surface area contributed by atoms with Crippen LogP contribution < -0.4 is 5.32 Å². The van der Waals surface area contributed by atoms with Crippen molar-refractivity contribution in [3.8, 4) is 0 Å². The Morgan fingerprint density at radius 2 is 0.698 bits per heavy atom. The maximum absolute atomic E-state index is 9.86. The van der Waals surface area contributed by atoms with Crippen LogP contribution >= 0.6 is 0 Å². The van der Waals surface area contributed by atoms with Crippen molar-refractivity contribution in [1.82, 2.24) is 25.1 Å². The Morgan fingerprint density at radius 3 is 1.03 bits per heavy atom. The highest BCUT2D eigenvalue weighted by Gasteiger charge is 2.20. The lowest BCUT2D eigenvalue weighted by atomic mass is 10.1. The predicted octanol–water partition coefficient (Wildman–Crippen LogP) is 16.9. The summed E-state index contributed by atoms with van der Waals surface area (Å²) >= 11 is 0. The monoisotopic (exact) mass is 892 g/mol. The van der Waals surface area contributed by atoms with E-state index < -0.39 is 0 Å². The zero-order valence-electron chi connectivity index (χ0n) is 42.7. The smallest absolute Gasteiger partial charge is 0.0702 e. The van der Waals surface area contributed by atoms with Gasteiger partial charge in [0, 0.05) is 45.8 Å². The van der Waals surface area contributed by atoms with Crippen LogP contribution in [0.3, 0.4) is 0 Å². The van der Waals surface area contributed by atoms with Crippen LogP contribution in [0.2, 0.25) is 0 Å². The van der Waals surface area contributed by atoms with Gasteiger partial charge in [-0.2, -0.15) is 5.06 Å². The van der Waals surface area contributed by atoms with Crippen LogP contribution in [-0.4, -0.2) is 104 Å². The minimum Gasteiger partial charge on any atom is -0.365 e. The highest BCUT2D eigenvalue weighted by Crippen LogP contribution is 2.15. The second-order valence-corrected chi connectivity index (χ2v) is 19.0. The van der Waals surface area contributed by atoms with Gasteiger partial charge in [-0.3, -0.25) is 4.90 Å². The summed E-state index contributed by atoms with van der Waals surface area (Å²) < 4.78 is 0. The lowest BCUT2D eigenvalue weighted by molar-refractivity contribution is -0.113. The number of nitrogens with one attached hydrogen (secondary N) is 1. The summed E-state index contributed by atoms with van der Waals surface area (Å²) in [5, 5.41) is 14.9. The Kier molecular flexibility index (Phi) is 58.4. The quantitative estimate of drug-likeness (QED) is 0.0469. The van der Waals surface area contributed by atoms with Crippen LogP contribution in [0.5, 0.6) is 0 Å². The molecule has 0 bridgehead atoms. The molecular weight excluding hydrogens is 771 g/mol. The van der Waals surface area contributed by atoms with Crippen molar-refractivity contribution in [2.45, 2.75) is 274 Å². The maximum atomic E-state index is 9.86. The van der Waals surface area contributed by atoms with Gasteiger partial charge in [0.05, 0.1) is 5.70 Å². The zero-order chi connectivity index (χ0) is 44.5. The molecule has 6 heteroatoms. The molecule has 63 heavy (non-hydrogen) atoms. The van der Waals surface area contributed by atoms with Crippen LogP contribution in [0.1, 0.15) is 274 Å². The molecule has 1 rings (SSSR count). The Balaban J connectivity index is -0.00000145. The van der Waals surface area contributed by atoms with E-state index in [-0.39, 0.29) is 14.9 Å². The summed E-state index contributed by atoms with van der Waals surface area (Å²) in [6.45, 7) is 28.1. The topological polar surface area (TPSA) is 45.2 Å². The summed E-state index contributed by atoms with van der Waals surface area (Å²) in [4.78, 5) is 7.87. The van der Waals surface area contributed by atoms with Crippen molar-refractivity contribution in [3.05, 3.63) is 18.0 Å². The molecule has 380 valence electrons. The van der Waals surface area contributed by atoms with Gasteiger partial charge in [0.2, 0.25) is 0 Å². The summed E-state index contributed by atoms with van der Waals surface area (Å²) in [7, 11) is 0. The minimum atomic E-state index is 0. The van der Waals surface area contributed by atoms with Gasteiger partial charge < -0.3 is 20.3 Å². The maximum Gasteiger partial charge on any atom is 0.0702 e. The Hall–Kier alpha value is -0.880. The van der Waals surface area contributed by atoms with Crippen molar-refractivity contribution in [1.29, 1.82) is 0 Å². The Bertz CT molecular complexity index is 852. The van der Waals surface area contributed by atoms with Gasteiger partial charge in [0.15, 0.2) is 0 Å². The van der Waals surface area contributed by atoms with Crippen LogP contribution in [-0.2, 0) is 0 Å². The van der Waals surface area contributed by atoms with Crippen molar-refractivity contribution < 1.29 is 5.21 Å². The molecule has 0 aromatic heterocycles. The molecule has 1 saturated heterocycles. The van der Waals surface area contributed by atoms with E-state index in [1.807, 2.05) is 0 Å². The van der Waals surface area contributed by atoms with E-state index >= 15 is 0 Å². The number of unbranched alkanes of at least 4 members (excludes halogenated alkanes) is 30. The van der Waals surface area contributed by atoms with Crippen LogP contribution in [0.25, 0.3) is 0 Å². The highest BCUT2D eigenvalue weighted by atomic mass is 16.5. The number of hydrogen-bond acceptors (Lipinski definition) is 6. The molecule has 0 saturated carbocycles. The van der Waals surface area contributed by atoms with Gasteiger partial charge >= 0.3 is 0 Å². The molecule has 1 aliphatic heterocycles. The standard InChI is InChI=1S/C37H74N4O.C18H39N.2CH4/c1-5-9-12-15-18-21-24-27-38(28-25-22-19-16-13-10-6-2)30-31-39(29-26-23-20-17-14-11-7-3)36-37(8-4)40-32-34-41(42)35-33-40;1-3-5-7-9-11-13-15-17-19-18-16-14-12-10-8-6-4-2;;/h42H,4-7,9-36H2,1-3H3;19H,3-18H2,1-2H3;2*1H4. The zero-order valence-corrected chi connectivity index (χ0v) is 42.7. The first-order chi connectivity index (χ1) is 30.1. The van der Waals surface area contributed by atoms with Gasteiger partial charge in [-0.05, 0) is 64.8 Å². The average Bonchev–Trinajstić information content (AvgIpc) is 3.27. The third kappa shape index (κ3) is 47.4. The summed E-state index contributed by atoms with van der Waals surface area (Å²) in [5.74, 6) is 0. The number of nitrogens with zero attached hydrogens (tertiary/aromatic N) is 4. The van der Waals surface area contributed by atoms with Gasteiger partial charge in [-0.15, -0.1) is 5.73 Å². The fourth-order valence-corrected chi connectivity index (χ4v) is 8.75. The largest absolute Gasteiger partial charge is 0.365 e. The highest BCUT2D eigenvalue weighted by molar-refractivity contribution is 5.03. The van der Waals surface area contributed by atoms with E-state index in [1.54, 1.807) is 0 Å². The molecule has 0 aromatic rings. The first kappa shape index (κ1) is 66.4. The van der Waals surface area contributed by atoms with Gasteiger partial charge in [-0.1, -0.05) is 249 Å². The van der Waals surface area contributed by atoms with Crippen molar-refractivity contribution in [2.75, 3.05) is 78.5 Å². The normalized spacial score (nSPS) is 12.9. The molecule has 0 amide bonds. The number of rotatable bonds is 46. The van der Waals surface area contributed by atoms with Gasteiger partial charge in [0.25, 0.3) is 0 Å². The van der Waals surface area contributed by atoms with E-state index in [2.05, 4.69) is 66.9 Å². The molecule has 0 aromatic carbocycles. The molecule has 0 atom stereocenters. The molecule has 6 nitrogen and oxygen atoms in total. The second-order valence-electron chi connectivity index (χ2n) is 19.0. The van der Waals surface area contributed by atoms with Crippen LogP contribution in [0, 0.1) is 0 Å². The van der Waals surface area contributed by atoms with E-state index in [4.69, 9.17) is 0 Å². The van der Waals surface area contributed by atoms with Crippen LogP contribution in [0.4, 0.5) is 0 Å². The molecule has 2 N–H and O–H groups in total. The molecule has 0 unspecified atom stereocenters. The lowest BCUT2D eigenvalue weighted by Crippen LogP contribution is -2.46. The predicted molar refractivity (Wildman–Crippen MR) is 287 cm³/mol. The molecule has 0 radical (unpaired) electrons. The average molecular weight is 893 g/mol. The summed E-state index contributed by atoms with van der Waals surface area (Å²) in [5.41, 5.74) is 4.51. The van der Waals surface area contributed by atoms with Crippen molar-refractivity contribution in [3.63, 3.8) is 0 Å². The van der Waals surface area contributed by atoms with Gasteiger partial charge in [-0.25, -0.2) is 0 Å². The van der Waals surface area contributed by atoms with Crippen molar-refractivity contribution in [2.24, 2.45) is 0 Å². The molecule has 1 heterocycles. The molecule has 0 spiro atoms. The number of hydroxylamine groups is 2. The van der Waals surface area contributed by atoms with Gasteiger partial charge in [0.1, 0.15) is 0 Å². The van der Waals surface area contributed by atoms with E-state index in [0.29, 0.717) is 13.1 Å². The Morgan fingerprint density at radius 1 is 0.413 bits per heavy atom. The second kappa shape index (κ2) is 55.4. The SMILES string of the molecule is C.C.C=C=C(CN(CCCCCCCCC)CCN(CCCCCCCCC)CCCCCCCCC)N1CCN(O)CC1.CCCCCCCCCNCCCCCCCCC. The molecule has 1 aliphatic rings. The fraction of sp³-hybridized carbons (Fsp3) is 0.947. The third-order valence-electron chi connectivity index (χ3n) is 13.1. The first-order valence-electron chi connectivity index (χ1n) is 27.8. The first-order valence-corrected chi connectivity index (χ1v) is 27.8.